The Morgan fingerprint density at radius 2 is 1.52 bits per heavy atom. The lowest BCUT2D eigenvalue weighted by molar-refractivity contribution is 0.0652. The fourth-order valence-corrected chi connectivity index (χ4v) is 3.28. The SMILES string of the molecule is O=C1c2ccccc2C(=O)N1CCCCc1ccc2c(c1)OCCO2. The number of aryl methyl sites for hydroxylation is 1. The van der Waals surface area contributed by atoms with Gasteiger partial charge in [0.2, 0.25) is 0 Å². The van der Waals surface area contributed by atoms with E-state index in [2.05, 4.69) is 0 Å². The summed E-state index contributed by atoms with van der Waals surface area (Å²) in [5.74, 6) is 1.23. The number of hydrogen-bond donors (Lipinski definition) is 0. The second-order valence-corrected chi connectivity index (χ2v) is 6.24. The molecule has 2 aliphatic rings. The Kier molecular flexibility index (Phi) is 4.14. The summed E-state index contributed by atoms with van der Waals surface area (Å²) >= 11 is 0. The van der Waals surface area contributed by atoms with Gasteiger partial charge in [-0.15, -0.1) is 0 Å². The van der Waals surface area contributed by atoms with Crippen LogP contribution in [0.15, 0.2) is 42.5 Å². The summed E-state index contributed by atoms with van der Waals surface area (Å²) < 4.78 is 11.1. The summed E-state index contributed by atoms with van der Waals surface area (Å²) in [7, 11) is 0. The molecule has 0 saturated carbocycles. The lowest BCUT2D eigenvalue weighted by atomic mass is 10.1. The minimum absolute atomic E-state index is 0.181. The Hall–Kier alpha value is -2.82. The number of carbonyl (C=O) groups is 2. The van der Waals surface area contributed by atoms with Crippen molar-refractivity contribution in [1.29, 1.82) is 0 Å². The Balaban J connectivity index is 1.32. The molecule has 0 aliphatic carbocycles. The van der Waals surface area contributed by atoms with Crippen LogP contribution in [0.4, 0.5) is 0 Å². The molecule has 2 aromatic rings. The van der Waals surface area contributed by atoms with E-state index < -0.39 is 0 Å². The Morgan fingerprint density at radius 3 is 2.24 bits per heavy atom. The summed E-state index contributed by atoms with van der Waals surface area (Å²) in [6.45, 7) is 1.62. The summed E-state index contributed by atoms with van der Waals surface area (Å²) in [6.07, 6.45) is 2.55. The Morgan fingerprint density at radius 1 is 0.840 bits per heavy atom. The Bertz CT molecular complexity index is 795. The number of imide groups is 1. The predicted octanol–water partition coefficient (Wildman–Crippen LogP) is 3.08. The van der Waals surface area contributed by atoms with Crippen LogP contribution < -0.4 is 9.47 Å². The molecule has 2 amide bonds. The maximum atomic E-state index is 12.3. The van der Waals surface area contributed by atoms with E-state index in [1.807, 2.05) is 18.2 Å². The van der Waals surface area contributed by atoms with E-state index in [0.717, 1.165) is 30.8 Å². The van der Waals surface area contributed by atoms with Crippen molar-refractivity contribution in [2.24, 2.45) is 0 Å². The number of amides is 2. The number of fused-ring (bicyclic) bond motifs is 2. The van der Waals surface area contributed by atoms with Gasteiger partial charge < -0.3 is 9.47 Å². The van der Waals surface area contributed by atoms with Crippen LogP contribution in [0, 0.1) is 0 Å². The van der Waals surface area contributed by atoms with E-state index in [0.29, 0.717) is 30.9 Å². The monoisotopic (exact) mass is 337 g/mol. The van der Waals surface area contributed by atoms with Gasteiger partial charge in [0.25, 0.3) is 11.8 Å². The quantitative estimate of drug-likeness (QED) is 0.621. The standard InChI is InChI=1S/C20H19NO4/c22-19-15-6-1-2-7-16(15)20(23)21(19)10-4-3-5-14-8-9-17-18(13-14)25-12-11-24-17/h1-2,6-9,13H,3-5,10-12H2. The van der Waals surface area contributed by atoms with E-state index in [1.54, 1.807) is 24.3 Å². The molecule has 128 valence electrons. The highest BCUT2D eigenvalue weighted by Gasteiger charge is 2.34. The van der Waals surface area contributed by atoms with Gasteiger partial charge in [-0.3, -0.25) is 14.5 Å². The lowest BCUT2D eigenvalue weighted by Crippen LogP contribution is -2.30. The fraction of sp³-hybridized carbons (Fsp3) is 0.300. The van der Waals surface area contributed by atoms with Crippen LogP contribution in [-0.2, 0) is 6.42 Å². The average Bonchev–Trinajstić information content (AvgIpc) is 2.90. The van der Waals surface area contributed by atoms with Crippen molar-refractivity contribution in [2.75, 3.05) is 19.8 Å². The van der Waals surface area contributed by atoms with Gasteiger partial charge in [0.15, 0.2) is 11.5 Å². The van der Waals surface area contributed by atoms with Gasteiger partial charge in [0.1, 0.15) is 13.2 Å². The Labute approximate surface area is 146 Å². The molecule has 0 atom stereocenters. The van der Waals surface area contributed by atoms with Crippen molar-refractivity contribution >= 4 is 11.8 Å². The van der Waals surface area contributed by atoms with Crippen molar-refractivity contribution in [3.8, 4) is 11.5 Å². The first-order valence-corrected chi connectivity index (χ1v) is 8.58. The molecule has 2 heterocycles. The van der Waals surface area contributed by atoms with Gasteiger partial charge in [0.05, 0.1) is 11.1 Å². The second-order valence-electron chi connectivity index (χ2n) is 6.24. The molecule has 5 heteroatoms. The molecule has 0 bridgehead atoms. The number of ether oxygens (including phenoxy) is 2. The van der Waals surface area contributed by atoms with Crippen molar-refractivity contribution in [2.45, 2.75) is 19.3 Å². The number of hydrogen-bond acceptors (Lipinski definition) is 4. The summed E-state index contributed by atoms with van der Waals surface area (Å²) in [4.78, 5) is 26.0. The molecule has 0 aromatic heterocycles. The van der Waals surface area contributed by atoms with E-state index in [1.165, 1.54) is 10.5 Å². The van der Waals surface area contributed by atoms with Crippen molar-refractivity contribution in [3.05, 3.63) is 59.2 Å². The van der Waals surface area contributed by atoms with Gasteiger partial charge in [-0.2, -0.15) is 0 Å². The number of rotatable bonds is 5. The molecule has 25 heavy (non-hydrogen) atoms. The maximum absolute atomic E-state index is 12.3. The number of benzene rings is 2. The van der Waals surface area contributed by atoms with Crippen LogP contribution in [0.1, 0.15) is 39.1 Å². The van der Waals surface area contributed by atoms with Crippen LogP contribution in [0.2, 0.25) is 0 Å². The first-order valence-electron chi connectivity index (χ1n) is 8.58. The first kappa shape index (κ1) is 15.7. The summed E-state index contributed by atoms with van der Waals surface area (Å²) in [5.41, 5.74) is 2.20. The van der Waals surface area contributed by atoms with Crippen LogP contribution in [0.25, 0.3) is 0 Å². The van der Waals surface area contributed by atoms with Gasteiger partial charge in [-0.05, 0) is 49.1 Å². The topological polar surface area (TPSA) is 55.8 Å². The molecule has 0 fully saturated rings. The fourth-order valence-electron chi connectivity index (χ4n) is 3.28. The largest absolute Gasteiger partial charge is 0.486 e. The second kappa shape index (κ2) is 6.59. The van der Waals surface area contributed by atoms with Gasteiger partial charge in [0, 0.05) is 6.54 Å². The minimum Gasteiger partial charge on any atom is -0.486 e. The zero-order valence-corrected chi connectivity index (χ0v) is 13.9. The zero-order chi connectivity index (χ0) is 17.2. The van der Waals surface area contributed by atoms with Crippen molar-refractivity contribution < 1.29 is 19.1 Å². The summed E-state index contributed by atoms with van der Waals surface area (Å²) in [6, 6.07) is 13.0. The third kappa shape index (κ3) is 2.97. The van der Waals surface area contributed by atoms with E-state index in [4.69, 9.17) is 9.47 Å². The minimum atomic E-state index is -0.181. The van der Waals surface area contributed by atoms with E-state index in [9.17, 15) is 9.59 Å². The zero-order valence-electron chi connectivity index (χ0n) is 13.9. The molecule has 0 unspecified atom stereocenters. The highest BCUT2D eigenvalue weighted by Crippen LogP contribution is 2.31. The maximum Gasteiger partial charge on any atom is 0.261 e. The summed E-state index contributed by atoms with van der Waals surface area (Å²) in [5, 5.41) is 0. The third-order valence-corrected chi connectivity index (χ3v) is 4.58. The molecular formula is C20H19NO4. The third-order valence-electron chi connectivity index (χ3n) is 4.58. The predicted molar refractivity (Wildman–Crippen MR) is 92.2 cm³/mol. The number of carbonyl (C=O) groups excluding carboxylic acids is 2. The van der Waals surface area contributed by atoms with Gasteiger partial charge in [-0.1, -0.05) is 18.2 Å². The van der Waals surface area contributed by atoms with Crippen LogP contribution >= 0.6 is 0 Å². The van der Waals surface area contributed by atoms with Crippen LogP contribution in [0.3, 0.4) is 0 Å². The van der Waals surface area contributed by atoms with Gasteiger partial charge >= 0.3 is 0 Å². The van der Waals surface area contributed by atoms with Crippen LogP contribution in [-0.4, -0.2) is 36.5 Å². The molecule has 4 rings (SSSR count). The van der Waals surface area contributed by atoms with Gasteiger partial charge in [-0.25, -0.2) is 0 Å². The molecule has 0 N–H and O–H groups in total. The molecular weight excluding hydrogens is 318 g/mol. The molecule has 0 saturated heterocycles. The van der Waals surface area contributed by atoms with E-state index >= 15 is 0 Å². The average molecular weight is 337 g/mol. The number of nitrogens with zero attached hydrogens (tertiary/aromatic N) is 1. The molecule has 2 aliphatic heterocycles. The molecule has 2 aromatic carbocycles. The van der Waals surface area contributed by atoms with Crippen molar-refractivity contribution in [1.82, 2.24) is 4.90 Å². The first-order chi connectivity index (χ1) is 12.2. The molecule has 5 nitrogen and oxygen atoms in total. The van der Waals surface area contributed by atoms with Crippen molar-refractivity contribution in [3.63, 3.8) is 0 Å². The molecule has 0 spiro atoms. The van der Waals surface area contributed by atoms with E-state index in [-0.39, 0.29) is 11.8 Å². The lowest BCUT2D eigenvalue weighted by Gasteiger charge is -2.19. The number of unbranched alkanes of at least 4 members (excludes halogenated alkanes) is 1. The van der Waals surface area contributed by atoms with Crippen LogP contribution in [0.5, 0.6) is 11.5 Å². The highest BCUT2D eigenvalue weighted by atomic mass is 16.6. The smallest absolute Gasteiger partial charge is 0.261 e. The molecule has 0 radical (unpaired) electrons. The highest BCUT2D eigenvalue weighted by molar-refractivity contribution is 6.21. The normalized spacial score (nSPS) is 15.4.